The molecule has 0 aliphatic rings. The SMILES string of the molecule is COc1cc(CN)cc(OCc2cc(C)nn2C)c1. The highest BCUT2D eigenvalue weighted by Gasteiger charge is 2.05. The lowest BCUT2D eigenvalue weighted by atomic mass is 10.2. The fraction of sp³-hybridized carbons (Fsp3) is 0.357. The lowest BCUT2D eigenvalue weighted by Crippen LogP contribution is -2.04. The van der Waals surface area contributed by atoms with E-state index in [0.29, 0.717) is 13.2 Å². The van der Waals surface area contributed by atoms with Crippen molar-refractivity contribution in [3.05, 3.63) is 41.2 Å². The van der Waals surface area contributed by atoms with Gasteiger partial charge in [0.15, 0.2) is 0 Å². The number of rotatable bonds is 5. The van der Waals surface area contributed by atoms with Crippen molar-refractivity contribution in [1.82, 2.24) is 9.78 Å². The van der Waals surface area contributed by atoms with Crippen LogP contribution in [0.25, 0.3) is 0 Å². The van der Waals surface area contributed by atoms with Gasteiger partial charge in [-0.05, 0) is 30.7 Å². The molecule has 102 valence electrons. The highest BCUT2D eigenvalue weighted by molar-refractivity contribution is 5.38. The number of nitrogens with two attached hydrogens (primary N) is 1. The molecule has 0 saturated carbocycles. The van der Waals surface area contributed by atoms with Crippen molar-refractivity contribution in [2.45, 2.75) is 20.1 Å². The van der Waals surface area contributed by atoms with Gasteiger partial charge in [0.25, 0.3) is 0 Å². The van der Waals surface area contributed by atoms with E-state index in [4.69, 9.17) is 15.2 Å². The molecule has 1 aromatic carbocycles. The molecule has 0 atom stereocenters. The molecule has 0 fully saturated rings. The molecular formula is C14H19N3O2. The molecule has 0 saturated heterocycles. The number of benzene rings is 1. The first-order valence-electron chi connectivity index (χ1n) is 6.12. The van der Waals surface area contributed by atoms with Gasteiger partial charge in [0.1, 0.15) is 18.1 Å². The summed E-state index contributed by atoms with van der Waals surface area (Å²) in [6.07, 6.45) is 0. The van der Waals surface area contributed by atoms with Crippen LogP contribution in [0.5, 0.6) is 11.5 Å². The van der Waals surface area contributed by atoms with Gasteiger partial charge in [-0.15, -0.1) is 0 Å². The van der Waals surface area contributed by atoms with Crippen LogP contribution in [0, 0.1) is 6.92 Å². The number of ether oxygens (including phenoxy) is 2. The zero-order valence-electron chi connectivity index (χ0n) is 11.5. The van der Waals surface area contributed by atoms with E-state index in [0.717, 1.165) is 28.5 Å². The van der Waals surface area contributed by atoms with Gasteiger partial charge in [-0.3, -0.25) is 4.68 Å². The second kappa shape index (κ2) is 5.75. The first kappa shape index (κ1) is 13.4. The van der Waals surface area contributed by atoms with Crippen LogP contribution in [0.4, 0.5) is 0 Å². The van der Waals surface area contributed by atoms with E-state index >= 15 is 0 Å². The van der Waals surface area contributed by atoms with E-state index in [9.17, 15) is 0 Å². The third-order valence-corrected chi connectivity index (χ3v) is 2.90. The minimum Gasteiger partial charge on any atom is -0.497 e. The third-order valence-electron chi connectivity index (χ3n) is 2.90. The quantitative estimate of drug-likeness (QED) is 0.891. The fourth-order valence-corrected chi connectivity index (χ4v) is 1.91. The molecule has 19 heavy (non-hydrogen) atoms. The minimum atomic E-state index is 0.457. The number of nitrogens with zero attached hydrogens (tertiary/aromatic N) is 2. The standard InChI is InChI=1S/C14H19N3O2/c1-10-4-12(17(2)16-10)9-19-14-6-11(8-15)5-13(7-14)18-3/h4-7H,8-9,15H2,1-3H3. The van der Waals surface area contributed by atoms with Gasteiger partial charge in [-0.2, -0.15) is 5.10 Å². The van der Waals surface area contributed by atoms with Gasteiger partial charge in [0.2, 0.25) is 0 Å². The predicted octanol–water partition coefficient (Wildman–Crippen LogP) is 1.77. The predicted molar refractivity (Wildman–Crippen MR) is 73.2 cm³/mol. The molecule has 2 N–H and O–H groups in total. The fourth-order valence-electron chi connectivity index (χ4n) is 1.91. The maximum Gasteiger partial charge on any atom is 0.130 e. The summed E-state index contributed by atoms with van der Waals surface area (Å²) >= 11 is 0. The van der Waals surface area contributed by atoms with Crippen LogP contribution in [0.2, 0.25) is 0 Å². The molecule has 0 spiro atoms. The van der Waals surface area contributed by atoms with Crippen molar-refractivity contribution < 1.29 is 9.47 Å². The Morgan fingerprint density at radius 2 is 1.95 bits per heavy atom. The average Bonchev–Trinajstić information content (AvgIpc) is 2.74. The number of hydrogen-bond donors (Lipinski definition) is 1. The van der Waals surface area contributed by atoms with Crippen LogP contribution < -0.4 is 15.2 Å². The first-order chi connectivity index (χ1) is 9.12. The van der Waals surface area contributed by atoms with Gasteiger partial charge in [-0.1, -0.05) is 0 Å². The Balaban J connectivity index is 2.12. The summed E-state index contributed by atoms with van der Waals surface area (Å²) in [5.74, 6) is 1.50. The summed E-state index contributed by atoms with van der Waals surface area (Å²) in [6.45, 7) is 2.88. The average molecular weight is 261 g/mol. The largest absolute Gasteiger partial charge is 0.497 e. The normalized spacial score (nSPS) is 10.5. The van der Waals surface area contributed by atoms with E-state index < -0.39 is 0 Å². The van der Waals surface area contributed by atoms with Crippen LogP contribution in [-0.2, 0) is 20.2 Å². The van der Waals surface area contributed by atoms with Gasteiger partial charge in [0.05, 0.1) is 18.5 Å². The second-order valence-electron chi connectivity index (χ2n) is 4.41. The Bertz CT molecular complexity index is 542. The molecule has 0 radical (unpaired) electrons. The van der Waals surface area contributed by atoms with E-state index in [1.54, 1.807) is 7.11 Å². The van der Waals surface area contributed by atoms with Crippen molar-refractivity contribution in [3.8, 4) is 11.5 Å². The maximum atomic E-state index is 5.77. The van der Waals surface area contributed by atoms with E-state index in [1.165, 1.54) is 0 Å². The van der Waals surface area contributed by atoms with Crippen LogP contribution in [-0.4, -0.2) is 16.9 Å². The Kier molecular flexibility index (Phi) is 4.06. The molecular weight excluding hydrogens is 242 g/mol. The Morgan fingerprint density at radius 1 is 1.21 bits per heavy atom. The summed E-state index contributed by atoms with van der Waals surface area (Å²) in [5, 5.41) is 4.28. The zero-order chi connectivity index (χ0) is 13.8. The topological polar surface area (TPSA) is 62.3 Å². The summed E-state index contributed by atoms with van der Waals surface area (Å²) in [4.78, 5) is 0. The molecule has 0 aliphatic carbocycles. The number of aryl methyl sites for hydroxylation is 2. The summed E-state index contributed by atoms with van der Waals surface area (Å²) in [7, 11) is 3.53. The summed E-state index contributed by atoms with van der Waals surface area (Å²) in [5.41, 5.74) is 8.64. The van der Waals surface area contributed by atoms with E-state index in [-0.39, 0.29) is 0 Å². The monoisotopic (exact) mass is 261 g/mol. The minimum absolute atomic E-state index is 0.457. The molecule has 2 aromatic rings. The van der Waals surface area contributed by atoms with Crippen molar-refractivity contribution in [3.63, 3.8) is 0 Å². The van der Waals surface area contributed by atoms with Crippen LogP contribution >= 0.6 is 0 Å². The highest BCUT2D eigenvalue weighted by Crippen LogP contribution is 2.23. The van der Waals surface area contributed by atoms with Crippen LogP contribution in [0.15, 0.2) is 24.3 Å². The lowest BCUT2D eigenvalue weighted by Gasteiger charge is -2.10. The van der Waals surface area contributed by atoms with Gasteiger partial charge < -0.3 is 15.2 Å². The first-order valence-corrected chi connectivity index (χ1v) is 6.12. The number of methoxy groups -OCH3 is 1. The molecule has 2 rings (SSSR count). The molecule has 0 unspecified atom stereocenters. The smallest absolute Gasteiger partial charge is 0.130 e. The van der Waals surface area contributed by atoms with Crippen LogP contribution in [0.3, 0.4) is 0 Å². The van der Waals surface area contributed by atoms with Gasteiger partial charge in [-0.25, -0.2) is 0 Å². The third kappa shape index (κ3) is 3.26. The zero-order valence-corrected chi connectivity index (χ0v) is 11.5. The Hall–Kier alpha value is -2.01. The van der Waals surface area contributed by atoms with Crippen molar-refractivity contribution in [2.24, 2.45) is 12.8 Å². The lowest BCUT2D eigenvalue weighted by molar-refractivity contribution is 0.292. The van der Waals surface area contributed by atoms with Crippen LogP contribution in [0.1, 0.15) is 17.0 Å². The van der Waals surface area contributed by atoms with Crippen molar-refractivity contribution >= 4 is 0 Å². The van der Waals surface area contributed by atoms with Gasteiger partial charge in [0, 0.05) is 19.7 Å². The highest BCUT2D eigenvalue weighted by atomic mass is 16.5. The maximum absolute atomic E-state index is 5.77. The number of aromatic nitrogens is 2. The molecule has 1 heterocycles. The summed E-state index contributed by atoms with van der Waals surface area (Å²) < 4.78 is 12.8. The Morgan fingerprint density at radius 3 is 2.53 bits per heavy atom. The van der Waals surface area contributed by atoms with Gasteiger partial charge >= 0.3 is 0 Å². The van der Waals surface area contributed by atoms with Crippen molar-refractivity contribution in [2.75, 3.05) is 7.11 Å². The molecule has 0 aliphatic heterocycles. The molecule has 1 aromatic heterocycles. The van der Waals surface area contributed by atoms with E-state index in [2.05, 4.69) is 5.10 Å². The molecule has 0 amide bonds. The number of hydrogen-bond acceptors (Lipinski definition) is 4. The van der Waals surface area contributed by atoms with Crippen molar-refractivity contribution in [1.29, 1.82) is 0 Å². The second-order valence-corrected chi connectivity index (χ2v) is 4.41. The Labute approximate surface area is 112 Å². The molecule has 5 nitrogen and oxygen atoms in total. The molecule has 0 bridgehead atoms. The summed E-state index contributed by atoms with van der Waals surface area (Å²) in [6, 6.07) is 7.68. The van der Waals surface area contributed by atoms with E-state index in [1.807, 2.05) is 42.9 Å². The molecule has 5 heteroatoms.